The van der Waals surface area contributed by atoms with Gasteiger partial charge < -0.3 is 9.47 Å². The number of nitrogens with one attached hydrogen (secondary N) is 1. The number of carbonyl (C=O) groups excluding carboxylic acids is 2. The first-order valence-corrected chi connectivity index (χ1v) is 6.19. The summed E-state index contributed by atoms with van der Waals surface area (Å²) in [4.78, 5) is 32.1. The molecule has 0 atom stereocenters. The van der Waals surface area contributed by atoms with Crippen LogP contribution >= 0.6 is 0 Å². The number of carbonyl (C=O) groups is 2. The summed E-state index contributed by atoms with van der Waals surface area (Å²) in [6, 6.07) is 5.64. The normalized spacial score (nSPS) is 9.32. The van der Waals surface area contributed by atoms with E-state index in [0.717, 1.165) is 0 Å². The highest BCUT2D eigenvalue weighted by atomic mass is 16.6. The average Bonchev–Trinajstić information content (AvgIpc) is 2.52. The minimum Gasteiger partial charge on any atom is -0.468 e. The van der Waals surface area contributed by atoms with Crippen molar-refractivity contribution in [2.75, 3.05) is 20.2 Å². The molecule has 0 aliphatic carbocycles. The summed E-state index contributed by atoms with van der Waals surface area (Å²) >= 11 is 0. The van der Waals surface area contributed by atoms with Crippen molar-refractivity contribution in [3.63, 3.8) is 0 Å². The molecule has 116 valence electrons. The predicted octanol–water partition coefficient (Wildman–Crippen LogP) is 0.404. The van der Waals surface area contributed by atoms with Gasteiger partial charge in [0.05, 0.1) is 25.1 Å². The van der Waals surface area contributed by atoms with Gasteiger partial charge in [0.1, 0.15) is 6.61 Å². The second-order valence-electron chi connectivity index (χ2n) is 3.98. The number of nitro groups is 1. The van der Waals surface area contributed by atoms with Crippen molar-refractivity contribution < 1.29 is 24.0 Å². The second kappa shape index (κ2) is 9.10. The highest BCUT2D eigenvalue weighted by Crippen LogP contribution is 2.12. The van der Waals surface area contributed by atoms with Gasteiger partial charge in [0.2, 0.25) is 0 Å². The van der Waals surface area contributed by atoms with Crippen LogP contribution in [-0.4, -0.2) is 37.1 Å². The molecule has 0 aliphatic heterocycles. The van der Waals surface area contributed by atoms with Gasteiger partial charge in [-0.25, -0.2) is 4.79 Å². The molecule has 0 bridgehead atoms. The van der Waals surface area contributed by atoms with Crippen molar-refractivity contribution >= 4 is 17.6 Å². The van der Waals surface area contributed by atoms with Crippen molar-refractivity contribution in [1.29, 1.82) is 0 Å². The summed E-state index contributed by atoms with van der Waals surface area (Å²) < 4.78 is 9.28. The van der Waals surface area contributed by atoms with Gasteiger partial charge in [0.15, 0.2) is 0 Å². The Balaban J connectivity index is 2.31. The SMILES string of the molecule is COC(=O)CNCC#CC(=O)OCc1ccc([N+](=O)[O-])cc1. The molecule has 1 aromatic carbocycles. The summed E-state index contributed by atoms with van der Waals surface area (Å²) in [7, 11) is 1.27. The number of hydrogen-bond donors (Lipinski definition) is 1. The molecule has 0 aromatic heterocycles. The second-order valence-corrected chi connectivity index (χ2v) is 3.98. The lowest BCUT2D eigenvalue weighted by molar-refractivity contribution is -0.384. The van der Waals surface area contributed by atoms with E-state index in [4.69, 9.17) is 4.74 Å². The van der Waals surface area contributed by atoms with Crippen molar-refractivity contribution in [2.24, 2.45) is 0 Å². The Labute approximate surface area is 126 Å². The number of rotatable bonds is 6. The zero-order valence-corrected chi connectivity index (χ0v) is 11.8. The largest absolute Gasteiger partial charge is 0.468 e. The third kappa shape index (κ3) is 6.49. The van der Waals surface area contributed by atoms with Crippen LogP contribution in [0.5, 0.6) is 0 Å². The first-order valence-electron chi connectivity index (χ1n) is 6.19. The van der Waals surface area contributed by atoms with Crippen LogP contribution in [0.3, 0.4) is 0 Å². The molecule has 8 heteroatoms. The summed E-state index contributed by atoms with van der Waals surface area (Å²) in [5.74, 6) is 3.58. The summed E-state index contributed by atoms with van der Waals surface area (Å²) in [5, 5.41) is 13.1. The number of nitro benzene ring substituents is 1. The molecule has 1 rings (SSSR count). The molecule has 1 aromatic rings. The van der Waals surface area contributed by atoms with Gasteiger partial charge in [0, 0.05) is 18.1 Å². The van der Waals surface area contributed by atoms with E-state index >= 15 is 0 Å². The van der Waals surface area contributed by atoms with Gasteiger partial charge in [-0.15, -0.1) is 0 Å². The Morgan fingerprint density at radius 3 is 2.59 bits per heavy atom. The Morgan fingerprint density at radius 2 is 2.00 bits per heavy atom. The Morgan fingerprint density at radius 1 is 1.32 bits per heavy atom. The molecule has 1 N–H and O–H groups in total. The van der Waals surface area contributed by atoms with E-state index in [1.807, 2.05) is 0 Å². The molecule has 0 aliphatic rings. The van der Waals surface area contributed by atoms with Crippen LogP contribution in [0, 0.1) is 22.0 Å². The summed E-state index contributed by atoms with van der Waals surface area (Å²) in [6.07, 6.45) is 0. The Hall–Kier alpha value is -2.92. The summed E-state index contributed by atoms with van der Waals surface area (Å²) in [5.41, 5.74) is 0.580. The average molecular weight is 306 g/mol. The van der Waals surface area contributed by atoms with E-state index in [1.54, 1.807) is 0 Å². The van der Waals surface area contributed by atoms with Gasteiger partial charge in [-0.3, -0.25) is 20.2 Å². The Bertz CT molecular complexity index is 600. The van der Waals surface area contributed by atoms with E-state index in [2.05, 4.69) is 21.9 Å². The zero-order valence-electron chi connectivity index (χ0n) is 11.8. The van der Waals surface area contributed by atoms with Crippen molar-refractivity contribution in [3.8, 4) is 11.8 Å². The van der Waals surface area contributed by atoms with Gasteiger partial charge in [-0.05, 0) is 17.7 Å². The van der Waals surface area contributed by atoms with Gasteiger partial charge >= 0.3 is 11.9 Å². The molecule has 0 fully saturated rings. The van der Waals surface area contributed by atoms with Crippen molar-refractivity contribution in [3.05, 3.63) is 39.9 Å². The number of benzene rings is 1. The molecule has 0 saturated heterocycles. The van der Waals surface area contributed by atoms with Crippen LogP contribution in [0.1, 0.15) is 5.56 Å². The van der Waals surface area contributed by atoms with Gasteiger partial charge in [-0.2, -0.15) is 0 Å². The minimum absolute atomic E-state index is 0.00300. The minimum atomic E-state index is -0.724. The van der Waals surface area contributed by atoms with E-state index in [-0.39, 0.29) is 25.4 Å². The number of ether oxygens (including phenoxy) is 2. The van der Waals surface area contributed by atoms with Gasteiger partial charge in [-0.1, -0.05) is 5.92 Å². The lowest BCUT2D eigenvalue weighted by Gasteiger charge is -2.00. The number of hydrogen-bond acceptors (Lipinski definition) is 7. The molecule has 0 unspecified atom stereocenters. The molecule has 0 amide bonds. The lowest BCUT2D eigenvalue weighted by atomic mass is 10.2. The van der Waals surface area contributed by atoms with Crippen molar-refractivity contribution in [1.82, 2.24) is 5.32 Å². The fraction of sp³-hybridized carbons (Fsp3) is 0.286. The maximum absolute atomic E-state index is 11.3. The third-order valence-corrected chi connectivity index (χ3v) is 2.42. The van der Waals surface area contributed by atoms with E-state index in [1.165, 1.54) is 31.4 Å². The first kappa shape index (κ1) is 17.1. The fourth-order valence-corrected chi connectivity index (χ4v) is 1.31. The van der Waals surface area contributed by atoms with Crippen LogP contribution in [0.2, 0.25) is 0 Å². The van der Waals surface area contributed by atoms with E-state index < -0.39 is 16.9 Å². The predicted molar refractivity (Wildman–Crippen MR) is 75.6 cm³/mol. The van der Waals surface area contributed by atoms with E-state index in [0.29, 0.717) is 5.56 Å². The summed E-state index contributed by atoms with van der Waals surface area (Å²) in [6.45, 7) is 0.117. The number of nitrogens with zero attached hydrogens (tertiary/aromatic N) is 1. The number of methoxy groups -OCH3 is 1. The maximum atomic E-state index is 11.3. The Kier molecular flexibility index (Phi) is 7.08. The first-order chi connectivity index (χ1) is 10.5. The van der Waals surface area contributed by atoms with Crippen LogP contribution in [-0.2, 0) is 25.7 Å². The topological polar surface area (TPSA) is 108 Å². The monoisotopic (exact) mass is 306 g/mol. The fourth-order valence-electron chi connectivity index (χ4n) is 1.31. The van der Waals surface area contributed by atoms with Crippen LogP contribution in [0.15, 0.2) is 24.3 Å². The maximum Gasteiger partial charge on any atom is 0.384 e. The highest BCUT2D eigenvalue weighted by molar-refractivity contribution is 5.88. The molecule has 0 radical (unpaired) electrons. The van der Waals surface area contributed by atoms with Crippen LogP contribution in [0.25, 0.3) is 0 Å². The third-order valence-electron chi connectivity index (χ3n) is 2.42. The van der Waals surface area contributed by atoms with Crippen LogP contribution < -0.4 is 5.32 Å². The lowest BCUT2D eigenvalue weighted by Crippen LogP contribution is -2.24. The van der Waals surface area contributed by atoms with Crippen LogP contribution in [0.4, 0.5) is 5.69 Å². The molecule has 0 saturated carbocycles. The highest BCUT2D eigenvalue weighted by Gasteiger charge is 2.05. The quantitative estimate of drug-likeness (QED) is 0.202. The molecule has 22 heavy (non-hydrogen) atoms. The zero-order chi connectivity index (χ0) is 16.4. The number of esters is 2. The van der Waals surface area contributed by atoms with E-state index in [9.17, 15) is 19.7 Å². The van der Waals surface area contributed by atoms with Crippen molar-refractivity contribution in [2.45, 2.75) is 6.61 Å². The standard InChI is InChI=1S/C14H14N2O6/c1-21-14(18)9-15-8-2-3-13(17)22-10-11-4-6-12(7-5-11)16(19)20/h4-7,15H,8-10H2,1H3. The smallest absolute Gasteiger partial charge is 0.384 e. The molecular weight excluding hydrogens is 292 g/mol. The molecule has 0 heterocycles. The molecule has 8 nitrogen and oxygen atoms in total. The molecular formula is C14H14N2O6. The number of non-ortho nitro benzene ring substituents is 1. The van der Waals surface area contributed by atoms with Gasteiger partial charge in [0.25, 0.3) is 5.69 Å². The molecule has 0 spiro atoms.